The highest BCUT2D eigenvalue weighted by molar-refractivity contribution is 5.62. The molecule has 0 aromatic heterocycles. The van der Waals surface area contributed by atoms with Crippen LogP contribution in [0.2, 0.25) is 0 Å². The summed E-state index contributed by atoms with van der Waals surface area (Å²) in [6.07, 6.45) is 8.68. The Hall–Kier alpha value is -2.41. The van der Waals surface area contributed by atoms with Crippen LogP contribution in [0.15, 0.2) is 42.0 Å². The van der Waals surface area contributed by atoms with E-state index in [0.717, 1.165) is 17.4 Å². The van der Waals surface area contributed by atoms with Crippen LogP contribution in [0.3, 0.4) is 0 Å². The topological polar surface area (TPSA) is 61.1 Å². The highest BCUT2D eigenvalue weighted by atomic mass is 19.1. The quantitative estimate of drug-likeness (QED) is 0.289. The monoisotopic (exact) mass is 389 g/mol. The van der Waals surface area contributed by atoms with Crippen molar-refractivity contribution in [3.8, 4) is 6.07 Å². The average molecular weight is 390 g/mol. The van der Waals surface area contributed by atoms with Crippen molar-refractivity contribution in [2.45, 2.75) is 66.7 Å². The second kappa shape index (κ2) is 18.0. The standard InChI is InChI=1S/C12H10FN.C11H24.CH2O2/c1-9(2)11(8-14)7-10-3-5-12(13)6-4-10;1-5-7-9-11(8-6-2)10(3)4;2-1-3/h3-7H,1H2,2H3;10-11H,5-9H2,1-4H3;1H,(H,2,3)/b11-7+;;. The van der Waals surface area contributed by atoms with E-state index < -0.39 is 0 Å². The van der Waals surface area contributed by atoms with Crippen LogP contribution in [0, 0.1) is 29.0 Å². The van der Waals surface area contributed by atoms with Gasteiger partial charge in [-0.2, -0.15) is 5.26 Å². The number of hydrogen-bond acceptors (Lipinski definition) is 2. The Morgan fingerprint density at radius 3 is 2.11 bits per heavy atom. The number of rotatable bonds is 8. The van der Waals surface area contributed by atoms with Crippen molar-refractivity contribution in [3.05, 3.63) is 53.4 Å². The summed E-state index contributed by atoms with van der Waals surface area (Å²) in [5.41, 5.74) is 2.01. The summed E-state index contributed by atoms with van der Waals surface area (Å²) in [5.74, 6) is 1.59. The molecule has 0 aliphatic heterocycles. The van der Waals surface area contributed by atoms with Gasteiger partial charge in [-0.25, -0.2) is 4.39 Å². The number of unbranched alkanes of at least 4 members (excludes halogenated alkanes) is 1. The second-order valence-electron chi connectivity index (χ2n) is 7.04. The SMILES string of the molecule is C=C(C)/C(C#N)=C/c1ccc(F)cc1.CCCCC(CCC)C(C)C.O=CO. The van der Waals surface area contributed by atoms with Crippen molar-refractivity contribution in [2.24, 2.45) is 11.8 Å². The van der Waals surface area contributed by atoms with Crippen molar-refractivity contribution >= 4 is 12.5 Å². The van der Waals surface area contributed by atoms with Gasteiger partial charge in [0.1, 0.15) is 5.82 Å². The lowest BCUT2D eigenvalue weighted by molar-refractivity contribution is -0.122. The molecule has 0 amide bonds. The minimum Gasteiger partial charge on any atom is -0.483 e. The lowest BCUT2D eigenvalue weighted by Gasteiger charge is -2.19. The van der Waals surface area contributed by atoms with Gasteiger partial charge < -0.3 is 5.11 Å². The molecule has 1 aromatic rings. The molecule has 1 unspecified atom stereocenters. The number of hydrogen-bond donors (Lipinski definition) is 1. The summed E-state index contributed by atoms with van der Waals surface area (Å²) >= 11 is 0. The molecule has 0 bridgehead atoms. The van der Waals surface area contributed by atoms with E-state index in [-0.39, 0.29) is 12.3 Å². The number of nitriles is 1. The van der Waals surface area contributed by atoms with E-state index in [0.29, 0.717) is 11.1 Å². The summed E-state index contributed by atoms with van der Waals surface area (Å²) in [6, 6.07) is 7.99. The minimum atomic E-state index is -0.281. The fourth-order valence-electron chi connectivity index (χ4n) is 2.62. The third-order valence-corrected chi connectivity index (χ3v) is 4.29. The van der Waals surface area contributed by atoms with Gasteiger partial charge in [-0.1, -0.05) is 78.5 Å². The van der Waals surface area contributed by atoms with E-state index in [4.69, 9.17) is 15.2 Å². The minimum absolute atomic E-state index is 0.250. The predicted molar refractivity (Wildman–Crippen MR) is 116 cm³/mol. The molecule has 156 valence electrons. The van der Waals surface area contributed by atoms with Crippen LogP contribution in [0.25, 0.3) is 6.08 Å². The van der Waals surface area contributed by atoms with Gasteiger partial charge in [-0.3, -0.25) is 4.79 Å². The van der Waals surface area contributed by atoms with E-state index >= 15 is 0 Å². The van der Waals surface area contributed by atoms with Crippen LogP contribution in [-0.2, 0) is 4.79 Å². The molecule has 0 aliphatic carbocycles. The first-order chi connectivity index (χ1) is 13.3. The largest absolute Gasteiger partial charge is 0.483 e. The third kappa shape index (κ3) is 14.7. The first-order valence-electron chi connectivity index (χ1n) is 9.88. The molecule has 0 spiro atoms. The molecule has 4 heteroatoms. The maximum atomic E-state index is 12.6. The summed E-state index contributed by atoms with van der Waals surface area (Å²) < 4.78 is 12.6. The zero-order valence-corrected chi connectivity index (χ0v) is 18.0. The Morgan fingerprint density at radius 1 is 1.21 bits per heavy atom. The van der Waals surface area contributed by atoms with Crippen LogP contribution < -0.4 is 0 Å². The summed E-state index contributed by atoms with van der Waals surface area (Å²) in [4.78, 5) is 8.36. The van der Waals surface area contributed by atoms with E-state index in [1.54, 1.807) is 25.1 Å². The normalized spacial score (nSPS) is 11.3. The molecular formula is C24H36FNO2. The van der Waals surface area contributed by atoms with E-state index in [2.05, 4.69) is 34.3 Å². The molecule has 1 rings (SSSR count). The van der Waals surface area contributed by atoms with Crippen LogP contribution >= 0.6 is 0 Å². The zero-order valence-electron chi connectivity index (χ0n) is 18.0. The van der Waals surface area contributed by atoms with E-state index in [9.17, 15) is 4.39 Å². The molecule has 3 nitrogen and oxygen atoms in total. The third-order valence-electron chi connectivity index (χ3n) is 4.29. The van der Waals surface area contributed by atoms with E-state index in [1.165, 1.54) is 44.2 Å². The summed E-state index contributed by atoms with van der Waals surface area (Å²) in [6.45, 7) is 14.5. The molecule has 0 saturated heterocycles. The molecule has 28 heavy (non-hydrogen) atoms. The number of halogens is 1. The molecule has 0 heterocycles. The van der Waals surface area contributed by atoms with Crippen molar-refractivity contribution in [1.82, 2.24) is 0 Å². The van der Waals surface area contributed by atoms with Gasteiger partial charge in [0.15, 0.2) is 0 Å². The molecule has 0 fully saturated rings. The van der Waals surface area contributed by atoms with Gasteiger partial charge in [-0.15, -0.1) is 0 Å². The summed E-state index contributed by atoms with van der Waals surface area (Å²) in [7, 11) is 0. The fourth-order valence-corrected chi connectivity index (χ4v) is 2.62. The average Bonchev–Trinajstić information content (AvgIpc) is 2.65. The Morgan fingerprint density at radius 2 is 1.75 bits per heavy atom. The maximum absolute atomic E-state index is 12.6. The first kappa shape index (κ1) is 27.8. The lowest BCUT2D eigenvalue weighted by Crippen LogP contribution is -2.07. The van der Waals surface area contributed by atoms with Crippen molar-refractivity contribution in [2.75, 3.05) is 0 Å². The van der Waals surface area contributed by atoms with Crippen LogP contribution in [0.1, 0.15) is 72.3 Å². The number of benzene rings is 1. The van der Waals surface area contributed by atoms with Crippen molar-refractivity contribution in [1.29, 1.82) is 5.26 Å². The van der Waals surface area contributed by atoms with Crippen molar-refractivity contribution < 1.29 is 14.3 Å². The van der Waals surface area contributed by atoms with Crippen LogP contribution in [-0.4, -0.2) is 11.6 Å². The number of carbonyl (C=O) groups is 1. The number of allylic oxidation sites excluding steroid dienone is 2. The van der Waals surface area contributed by atoms with E-state index in [1.807, 2.05) is 6.07 Å². The molecule has 0 aliphatic rings. The molecular weight excluding hydrogens is 353 g/mol. The van der Waals surface area contributed by atoms with Gasteiger partial charge in [-0.05, 0) is 48.1 Å². The zero-order chi connectivity index (χ0) is 21.9. The van der Waals surface area contributed by atoms with Gasteiger partial charge in [0, 0.05) is 0 Å². The Kier molecular flexibility index (Phi) is 17.9. The lowest BCUT2D eigenvalue weighted by atomic mass is 9.87. The maximum Gasteiger partial charge on any atom is 0.290 e. The first-order valence-corrected chi connectivity index (χ1v) is 9.88. The number of carboxylic acid groups (broad SMARTS) is 1. The highest BCUT2D eigenvalue weighted by Gasteiger charge is 2.10. The Labute approximate surface area is 170 Å². The van der Waals surface area contributed by atoms with Gasteiger partial charge in [0.05, 0.1) is 11.6 Å². The molecule has 0 radical (unpaired) electrons. The fraction of sp³-hybridized carbons (Fsp3) is 0.500. The predicted octanol–water partition coefficient (Wildman–Crippen LogP) is 7.26. The van der Waals surface area contributed by atoms with Gasteiger partial charge >= 0.3 is 0 Å². The summed E-state index contributed by atoms with van der Waals surface area (Å²) in [5, 5.41) is 15.6. The van der Waals surface area contributed by atoms with Gasteiger partial charge in [0.2, 0.25) is 0 Å². The van der Waals surface area contributed by atoms with Crippen LogP contribution in [0.4, 0.5) is 4.39 Å². The van der Waals surface area contributed by atoms with Gasteiger partial charge in [0.25, 0.3) is 6.47 Å². The highest BCUT2D eigenvalue weighted by Crippen LogP contribution is 2.22. The molecule has 1 N–H and O–H groups in total. The van der Waals surface area contributed by atoms with Crippen LogP contribution in [0.5, 0.6) is 0 Å². The Balaban J connectivity index is 0. The molecule has 0 saturated carbocycles. The second-order valence-corrected chi connectivity index (χ2v) is 7.04. The molecule has 1 atom stereocenters. The smallest absolute Gasteiger partial charge is 0.290 e. The molecule has 1 aromatic carbocycles. The Bertz CT molecular complexity index is 612. The van der Waals surface area contributed by atoms with Crippen molar-refractivity contribution in [3.63, 3.8) is 0 Å². The number of nitrogens with zero attached hydrogens (tertiary/aromatic N) is 1.